The number of nitrogens with two attached hydrogens (primary N) is 1. The van der Waals surface area contributed by atoms with Crippen molar-refractivity contribution in [3.63, 3.8) is 0 Å². The predicted octanol–water partition coefficient (Wildman–Crippen LogP) is 4.15. The number of ether oxygens (including phenoxy) is 1. The zero-order chi connectivity index (χ0) is 20.1. The summed E-state index contributed by atoms with van der Waals surface area (Å²) in [6.45, 7) is 5.27. The molecule has 1 unspecified atom stereocenters. The molecule has 2 rings (SSSR count). The summed E-state index contributed by atoms with van der Waals surface area (Å²) in [5.41, 5.74) is 5.69. The van der Waals surface area contributed by atoms with E-state index in [-0.39, 0.29) is 34.7 Å². The second kappa shape index (κ2) is 9.91. The van der Waals surface area contributed by atoms with Crippen molar-refractivity contribution < 1.29 is 17.9 Å². The minimum atomic E-state index is -3.39. The average molecular weight is 427 g/mol. The Bertz CT molecular complexity index is 897. The van der Waals surface area contributed by atoms with Gasteiger partial charge in [0.1, 0.15) is 16.4 Å². The molecule has 0 radical (unpaired) electrons. The van der Waals surface area contributed by atoms with Crippen LogP contribution in [0.2, 0.25) is 0 Å². The van der Waals surface area contributed by atoms with Crippen molar-refractivity contribution >= 4 is 33.8 Å². The lowest BCUT2D eigenvalue weighted by Crippen LogP contribution is -2.48. The lowest BCUT2D eigenvalue weighted by Gasteiger charge is -2.22. The van der Waals surface area contributed by atoms with Crippen LogP contribution in [-0.4, -0.2) is 25.6 Å². The standard InChI is InChI=1S/C20H26N2O4S.ClH/c1-4-14-20(3,21)19(23)22-15-10-12-16(13-11-15)26-17-8-6-7-9-18(17)27(24,25)5-2;/h6-13H,4-5,14,21H2,1-3H3,(H,22,23);1H. The van der Waals surface area contributed by atoms with Gasteiger partial charge in [0, 0.05) is 5.69 Å². The molecule has 2 aromatic carbocycles. The highest BCUT2D eigenvalue weighted by atomic mass is 35.5. The molecule has 0 aromatic heterocycles. The quantitative estimate of drug-likeness (QED) is 0.660. The Morgan fingerprint density at radius 2 is 1.71 bits per heavy atom. The van der Waals surface area contributed by atoms with Crippen molar-refractivity contribution in [2.24, 2.45) is 5.73 Å². The Morgan fingerprint density at radius 3 is 2.29 bits per heavy atom. The van der Waals surface area contributed by atoms with Crippen molar-refractivity contribution in [1.82, 2.24) is 0 Å². The first kappa shape index (κ1) is 23.9. The number of hydrogen-bond donors (Lipinski definition) is 2. The van der Waals surface area contributed by atoms with Gasteiger partial charge in [0.05, 0.1) is 11.3 Å². The van der Waals surface area contributed by atoms with Gasteiger partial charge in [-0.15, -0.1) is 12.4 Å². The summed E-state index contributed by atoms with van der Waals surface area (Å²) in [6, 6.07) is 13.2. The molecule has 0 saturated heterocycles. The fourth-order valence-electron chi connectivity index (χ4n) is 2.59. The highest BCUT2D eigenvalue weighted by Crippen LogP contribution is 2.30. The molecule has 154 valence electrons. The number of hydrogen-bond acceptors (Lipinski definition) is 5. The average Bonchev–Trinajstić information content (AvgIpc) is 2.63. The highest BCUT2D eigenvalue weighted by Gasteiger charge is 2.27. The van der Waals surface area contributed by atoms with Crippen molar-refractivity contribution in [1.29, 1.82) is 0 Å². The predicted molar refractivity (Wildman–Crippen MR) is 114 cm³/mol. The Balaban J connectivity index is 0.00000392. The molecule has 0 bridgehead atoms. The van der Waals surface area contributed by atoms with Crippen LogP contribution in [0.4, 0.5) is 5.69 Å². The largest absolute Gasteiger partial charge is 0.456 e. The van der Waals surface area contributed by atoms with Gasteiger partial charge in [0.25, 0.3) is 0 Å². The summed E-state index contributed by atoms with van der Waals surface area (Å²) in [6.07, 6.45) is 1.40. The molecular weight excluding hydrogens is 400 g/mol. The fourth-order valence-corrected chi connectivity index (χ4v) is 3.60. The number of sulfone groups is 1. The molecule has 0 aliphatic rings. The SMILES string of the molecule is CCCC(C)(N)C(=O)Nc1ccc(Oc2ccccc2S(=O)(=O)CC)cc1.Cl. The number of benzene rings is 2. The van der Waals surface area contributed by atoms with E-state index in [1.54, 1.807) is 56.3 Å². The van der Waals surface area contributed by atoms with Gasteiger partial charge in [-0.2, -0.15) is 0 Å². The van der Waals surface area contributed by atoms with Gasteiger partial charge in [-0.25, -0.2) is 8.42 Å². The van der Waals surface area contributed by atoms with Crippen molar-refractivity contribution in [2.75, 3.05) is 11.1 Å². The highest BCUT2D eigenvalue weighted by molar-refractivity contribution is 7.91. The molecule has 2 aromatic rings. The summed E-state index contributed by atoms with van der Waals surface area (Å²) in [4.78, 5) is 12.4. The third kappa shape index (κ3) is 5.95. The van der Waals surface area contributed by atoms with Gasteiger partial charge in [-0.3, -0.25) is 4.79 Å². The van der Waals surface area contributed by atoms with E-state index in [0.29, 0.717) is 17.9 Å². The van der Waals surface area contributed by atoms with Crippen molar-refractivity contribution in [3.05, 3.63) is 48.5 Å². The Labute approximate surface area is 172 Å². The molecule has 1 amide bonds. The zero-order valence-corrected chi connectivity index (χ0v) is 17.9. The number of nitrogens with one attached hydrogen (secondary N) is 1. The molecule has 0 fully saturated rings. The lowest BCUT2D eigenvalue weighted by atomic mass is 9.96. The van der Waals surface area contributed by atoms with Crippen molar-refractivity contribution in [2.45, 2.75) is 44.0 Å². The van der Waals surface area contributed by atoms with Gasteiger partial charge < -0.3 is 15.8 Å². The number of anilines is 1. The van der Waals surface area contributed by atoms with E-state index < -0.39 is 15.4 Å². The summed E-state index contributed by atoms with van der Waals surface area (Å²) in [5.74, 6) is 0.482. The Kier molecular flexibility index (Phi) is 8.48. The van der Waals surface area contributed by atoms with Crippen LogP contribution in [0.5, 0.6) is 11.5 Å². The normalized spacial score (nSPS) is 13.1. The monoisotopic (exact) mass is 426 g/mol. The molecular formula is C20H27ClN2O4S. The van der Waals surface area contributed by atoms with Crippen LogP contribution < -0.4 is 15.8 Å². The number of rotatable bonds is 8. The maximum Gasteiger partial charge on any atom is 0.244 e. The number of carbonyl (C=O) groups is 1. The first-order valence-corrected chi connectivity index (χ1v) is 10.5. The van der Waals surface area contributed by atoms with E-state index in [1.807, 2.05) is 6.92 Å². The van der Waals surface area contributed by atoms with Gasteiger partial charge >= 0.3 is 0 Å². The van der Waals surface area contributed by atoms with Gasteiger partial charge in [-0.1, -0.05) is 32.4 Å². The molecule has 28 heavy (non-hydrogen) atoms. The first-order chi connectivity index (χ1) is 12.7. The summed E-state index contributed by atoms with van der Waals surface area (Å²) in [5, 5.41) is 2.79. The maximum absolute atomic E-state index is 12.3. The minimum absolute atomic E-state index is 0. The molecule has 1 atom stereocenters. The molecule has 0 aliphatic heterocycles. The maximum atomic E-state index is 12.3. The van der Waals surface area contributed by atoms with Gasteiger partial charge in [0.2, 0.25) is 5.91 Å². The molecule has 3 N–H and O–H groups in total. The summed E-state index contributed by atoms with van der Waals surface area (Å²) >= 11 is 0. The van der Waals surface area contributed by atoms with E-state index >= 15 is 0 Å². The number of para-hydroxylation sites is 1. The molecule has 8 heteroatoms. The van der Waals surface area contributed by atoms with Gasteiger partial charge in [0.15, 0.2) is 9.84 Å². The van der Waals surface area contributed by atoms with Crippen LogP contribution in [0.3, 0.4) is 0 Å². The molecule has 0 heterocycles. The van der Waals surface area contributed by atoms with Crippen LogP contribution in [0.25, 0.3) is 0 Å². The second-order valence-electron chi connectivity index (χ2n) is 6.60. The number of amides is 1. The molecule has 6 nitrogen and oxygen atoms in total. The van der Waals surface area contributed by atoms with Crippen molar-refractivity contribution in [3.8, 4) is 11.5 Å². The van der Waals surface area contributed by atoms with E-state index in [9.17, 15) is 13.2 Å². The van der Waals surface area contributed by atoms with Crippen LogP contribution in [0.15, 0.2) is 53.4 Å². The zero-order valence-electron chi connectivity index (χ0n) is 16.3. The summed E-state index contributed by atoms with van der Waals surface area (Å²) in [7, 11) is -3.39. The molecule has 0 aliphatic carbocycles. The van der Waals surface area contributed by atoms with E-state index in [1.165, 1.54) is 6.07 Å². The van der Waals surface area contributed by atoms with Gasteiger partial charge in [-0.05, 0) is 49.7 Å². The Hall–Kier alpha value is -2.09. The third-order valence-corrected chi connectivity index (χ3v) is 5.96. The van der Waals surface area contributed by atoms with Crippen LogP contribution in [0, 0.1) is 0 Å². The molecule has 0 saturated carbocycles. The second-order valence-corrected chi connectivity index (χ2v) is 8.84. The van der Waals surface area contributed by atoms with E-state index in [0.717, 1.165) is 6.42 Å². The minimum Gasteiger partial charge on any atom is -0.456 e. The van der Waals surface area contributed by atoms with E-state index in [4.69, 9.17) is 10.5 Å². The van der Waals surface area contributed by atoms with Crippen LogP contribution in [0.1, 0.15) is 33.6 Å². The van der Waals surface area contributed by atoms with Crippen LogP contribution >= 0.6 is 12.4 Å². The van der Waals surface area contributed by atoms with Crippen LogP contribution in [-0.2, 0) is 14.6 Å². The molecule has 0 spiro atoms. The summed E-state index contributed by atoms with van der Waals surface area (Å²) < 4.78 is 30.1. The number of halogens is 1. The fraction of sp³-hybridized carbons (Fsp3) is 0.350. The lowest BCUT2D eigenvalue weighted by molar-refractivity contribution is -0.120. The number of carbonyl (C=O) groups excluding carboxylic acids is 1. The smallest absolute Gasteiger partial charge is 0.244 e. The third-order valence-electron chi connectivity index (χ3n) is 4.19. The Morgan fingerprint density at radius 1 is 1.11 bits per heavy atom. The van der Waals surface area contributed by atoms with E-state index in [2.05, 4.69) is 5.32 Å². The topological polar surface area (TPSA) is 98.5 Å². The first-order valence-electron chi connectivity index (χ1n) is 8.89.